The Labute approximate surface area is 166 Å². The first-order valence-electron chi connectivity index (χ1n) is 11.5. The molecule has 6 bridgehead atoms. The molecule has 0 aromatic carbocycles. The molecule has 1 aromatic rings. The van der Waals surface area contributed by atoms with E-state index in [2.05, 4.69) is 9.97 Å². The van der Waals surface area contributed by atoms with E-state index in [-0.39, 0.29) is 16.7 Å². The van der Waals surface area contributed by atoms with E-state index in [9.17, 15) is 9.90 Å². The zero-order valence-corrected chi connectivity index (χ0v) is 16.7. The van der Waals surface area contributed by atoms with Gasteiger partial charge >= 0.3 is 5.97 Å². The van der Waals surface area contributed by atoms with Gasteiger partial charge in [0.15, 0.2) is 5.69 Å². The number of hydrogen-bond acceptors (Lipinski definition) is 3. The number of hydrogen-bond donors (Lipinski definition) is 2. The van der Waals surface area contributed by atoms with Crippen LogP contribution in [0.5, 0.6) is 0 Å². The maximum Gasteiger partial charge on any atom is 0.356 e. The number of H-pyrrole nitrogens is 1. The van der Waals surface area contributed by atoms with Crippen molar-refractivity contribution >= 4 is 5.97 Å². The number of nitrogens with zero attached hydrogens (tertiary/aromatic N) is 1. The molecule has 0 unspecified atom stereocenters. The van der Waals surface area contributed by atoms with Crippen LogP contribution >= 0.6 is 0 Å². The molecule has 5 heteroatoms. The Morgan fingerprint density at radius 1 is 1.00 bits per heavy atom. The number of imidazole rings is 1. The number of nitrogens with one attached hydrogen (secondary N) is 1. The monoisotopic (exact) mass is 384 g/mol. The third kappa shape index (κ3) is 2.68. The average molecular weight is 385 g/mol. The number of rotatable bonds is 5. The fourth-order valence-electron chi connectivity index (χ4n) is 7.98. The standard InChI is InChI=1S/C23H32N2O3/c26-20(27)19-18(24-21(25-19)22-4-1-14(2-5-22)3-6-22)13-28-23-10-15-7-16(11-23)9-17(8-15)12-23/h14-17H,1-13H2,(H,24,25)(H,26,27). The van der Waals surface area contributed by atoms with E-state index in [1.54, 1.807) is 0 Å². The molecule has 8 rings (SSSR count). The van der Waals surface area contributed by atoms with Crippen molar-refractivity contribution in [2.24, 2.45) is 23.7 Å². The van der Waals surface area contributed by atoms with Crippen molar-refractivity contribution in [3.05, 3.63) is 17.2 Å². The van der Waals surface area contributed by atoms with Crippen LogP contribution in [0.1, 0.15) is 99.1 Å². The molecule has 0 radical (unpaired) electrons. The van der Waals surface area contributed by atoms with E-state index in [0.717, 1.165) is 48.8 Å². The molecular weight excluding hydrogens is 352 g/mol. The summed E-state index contributed by atoms with van der Waals surface area (Å²) < 4.78 is 6.56. The summed E-state index contributed by atoms with van der Waals surface area (Å²) in [6.07, 6.45) is 14.9. The summed E-state index contributed by atoms with van der Waals surface area (Å²) in [7, 11) is 0. The maximum atomic E-state index is 11.9. The highest BCUT2D eigenvalue weighted by atomic mass is 16.5. The smallest absolute Gasteiger partial charge is 0.356 e. The first kappa shape index (κ1) is 17.5. The highest BCUT2D eigenvalue weighted by Gasteiger charge is 2.52. The highest BCUT2D eigenvalue weighted by Crippen LogP contribution is 2.57. The van der Waals surface area contributed by atoms with Crippen molar-refractivity contribution in [3.8, 4) is 0 Å². The molecule has 152 valence electrons. The average Bonchev–Trinajstić information content (AvgIpc) is 3.13. The number of ether oxygens (including phenoxy) is 1. The van der Waals surface area contributed by atoms with Gasteiger partial charge in [0, 0.05) is 5.41 Å². The van der Waals surface area contributed by atoms with Crippen LogP contribution in [0, 0.1) is 23.7 Å². The minimum atomic E-state index is -0.924. The number of aromatic nitrogens is 2. The van der Waals surface area contributed by atoms with Crippen LogP contribution in [0.25, 0.3) is 0 Å². The van der Waals surface area contributed by atoms with E-state index in [1.165, 1.54) is 57.8 Å². The molecule has 0 saturated heterocycles. The fraction of sp³-hybridized carbons (Fsp3) is 0.826. The van der Waals surface area contributed by atoms with E-state index in [4.69, 9.17) is 4.74 Å². The Bertz CT molecular complexity index is 741. The Balaban J connectivity index is 1.25. The van der Waals surface area contributed by atoms with Crippen molar-refractivity contribution in [3.63, 3.8) is 0 Å². The summed E-state index contributed by atoms with van der Waals surface area (Å²) in [6.45, 7) is 0.375. The number of aromatic carboxylic acids is 1. The molecule has 2 N–H and O–H groups in total. The molecule has 0 amide bonds. The summed E-state index contributed by atoms with van der Waals surface area (Å²) in [5.74, 6) is 3.38. The predicted molar refractivity (Wildman–Crippen MR) is 104 cm³/mol. The first-order valence-corrected chi connectivity index (χ1v) is 11.5. The van der Waals surface area contributed by atoms with Crippen molar-refractivity contribution in [2.75, 3.05) is 0 Å². The largest absolute Gasteiger partial charge is 0.476 e. The molecule has 1 heterocycles. The number of aromatic amines is 1. The lowest BCUT2D eigenvalue weighted by atomic mass is 9.54. The summed E-state index contributed by atoms with van der Waals surface area (Å²) in [4.78, 5) is 20.0. The normalized spacial score (nSPS) is 43.6. The summed E-state index contributed by atoms with van der Waals surface area (Å²) in [6, 6.07) is 0. The van der Waals surface area contributed by atoms with E-state index in [1.807, 2.05) is 0 Å². The molecule has 1 aromatic heterocycles. The van der Waals surface area contributed by atoms with Crippen LogP contribution in [-0.4, -0.2) is 26.6 Å². The van der Waals surface area contributed by atoms with Gasteiger partial charge in [-0.2, -0.15) is 0 Å². The molecule has 28 heavy (non-hydrogen) atoms. The van der Waals surface area contributed by atoms with Gasteiger partial charge in [-0.1, -0.05) is 0 Å². The fourth-order valence-corrected chi connectivity index (χ4v) is 7.98. The number of fused-ring (bicyclic) bond motifs is 3. The molecule has 0 aliphatic heterocycles. The minimum Gasteiger partial charge on any atom is -0.476 e. The Morgan fingerprint density at radius 2 is 1.57 bits per heavy atom. The second-order valence-corrected chi connectivity index (χ2v) is 10.9. The Hall–Kier alpha value is -1.36. The lowest BCUT2D eigenvalue weighted by Crippen LogP contribution is -2.51. The highest BCUT2D eigenvalue weighted by molar-refractivity contribution is 5.86. The van der Waals surface area contributed by atoms with Crippen LogP contribution in [-0.2, 0) is 16.8 Å². The summed E-state index contributed by atoms with van der Waals surface area (Å²) >= 11 is 0. The molecule has 7 saturated carbocycles. The van der Waals surface area contributed by atoms with Crippen LogP contribution in [0.4, 0.5) is 0 Å². The van der Waals surface area contributed by atoms with Gasteiger partial charge in [0.25, 0.3) is 0 Å². The Morgan fingerprint density at radius 3 is 2.11 bits per heavy atom. The van der Waals surface area contributed by atoms with Gasteiger partial charge < -0.3 is 14.8 Å². The lowest BCUT2D eigenvalue weighted by Gasteiger charge is -2.56. The topological polar surface area (TPSA) is 75.2 Å². The maximum absolute atomic E-state index is 11.9. The molecule has 5 nitrogen and oxygen atoms in total. The third-order valence-corrected chi connectivity index (χ3v) is 9.08. The van der Waals surface area contributed by atoms with Gasteiger partial charge in [-0.25, -0.2) is 9.78 Å². The van der Waals surface area contributed by atoms with Gasteiger partial charge in [0.2, 0.25) is 0 Å². The molecule has 7 aliphatic carbocycles. The van der Waals surface area contributed by atoms with Crippen molar-refractivity contribution < 1.29 is 14.6 Å². The van der Waals surface area contributed by atoms with Crippen molar-refractivity contribution in [1.29, 1.82) is 0 Å². The van der Waals surface area contributed by atoms with Crippen LogP contribution in [0.3, 0.4) is 0 Å². The Kier molecular flexibility index (Phi) is 3.79. The lowest BCUT2D eigenvalue weighted by molar-refractivity contribution is -0.169. The summed E-state index contributed by atoms with van der Waals surface area (Å²) in [5.41, 5.74) is 0.969. The van der Waals surface area contributed by atoms with Gasteiger partial charge in [-0.05, 0) is 101 Å². The first-order chi connectivity index (χ1) is 13.5. The van der Waals surface area contributed by atoms with E-state index < -0.39 is 5.97 Å². The predicted octanol–water partition coefficient (Wildman–Crippen LogP) is 4.82. The van der Waals surface area contributed by atoms with Crippen LogP contribution in [0.2, 0.25) is 0 Å². The second kappa shape index (κ2) is 6.07. The van der Waals surface area contributed by atoms with Crippen molar-refractivity contribution in [2.45, 2.75) is 94.7 Å². The van der Waals surface area contributed by atoms with Crippen LogP contribution < -0.4 is 0 Å². The van der Waals surface area contributed by atoms with Gasteiger partial charge in [-0.3, -0.25) is 0 Å². The summed E-state index contributed by atoms with van der Waals surface area (Å²) in [5, 5.41) is 9.77. The SMILES string of the molecule is O=C(O)c1nc(C23CCC(CC2)CC3)[nH]c1COC12CC3CC(CC(C3)C1)C2. The molecular formula is C23H32N2O3. The van der Waals surface area contributed by atoms with Crippen molar-refractivity contribution in [1.82, 2.24) is 9.97 Å². The number of carboxylic acid groups (broad SMARTS) is 1. The second-order valence-electron chi connectivity index (χ2n) is 10.9. The van der Waals surface area contributed by atoms with Gasteiger partial charge in [0.05, 0.1) is 17.9 Å². The molecule has 0 atom stereocenters. The minimum absolute atomic E-state index is 0.00300. The van der Waals surface area contributed by atoms with Gasteiger partial charge in [-0.15, -0.1) is 0 Å². The quantitative estimate of drug-likeness (QED) is 0.763. The zero-order chi connectivity index (χ0) is 18.9. The number of carbonyl (C=O) groups is 1. The third-order valence-electron chi connectivity index (χ3n) is 9.08. The zero-order valence-electron chi connectivity index (χ0n) is 16.7. The van der Waals surface area contributed by atoms with E-state index in [0.29, 0.717) is 12.3 Å². The molecule has 7 aliphatic rings. The van der Waals surface area contributed by atoms with Crippen LogP contribution in [0.15, 0.2) is 0 Å². The van der Waals surface area contributed by atoms with Gasteiger partial charge in [0.1, 0.15) is 5.82 Å². The molecule has 7 fully saturated rings. The molecule has 0 spiro atoms. The number of carboxylic acids is 1. The van der Waals surface area contributed by atoms with E-state index >= 15 is 0 Å².